The van der Waals surface area contributed by atoms with E-state index in [1.165, 1.54) is 13.2 Å². The van der Waals surface area contributed by atoms with Crippen molar-refractivity contribution in [2.75, 3.05) is 7.11 Å². The topological polar surface area (TPSA) is 33.0 Å². The van der Waals surface area contributed by atoms with Crippen molar-refractivity contribution in [1.29, 1.82) is 5.26 Å². The summed E-state index contributed by atoms with van der Waals surface area (Å²) >= 11 is 0. The number of halogens is 2. The third kappa shape index (κ3) is 2.91. The summed E-state index contributed by atoms with van der Waals surface area (Å²) in [6, 6.07) is 6.50. The molecule has 0 heterocycles. The normalized spacial score (nSPS) is 10.1. The number of ether oxygens (including phenoxy) is 1. The van der Waals surface area contributed by atoms with Gasteiger partial charge in [0.05, 0.1) is 18.7 Å². The van der Waals surface area contributed by atoms with Crippen molar-refractivity contribution in [1.82, 2.24) is 0 Å². The van der Waals surface area contributed by atoms with Crippen LogP contribution in [0.15, 0.2) is 18.2 Å². The van der Waals surface area contributed by atoms with Crippen molar-refractivity contribution >= 4 is 0 Å². The molecule has 0 aliphatic heterocycles. The van der Waals surface area contributed by atoms with E-state index in [2.05, 4.69) is 0 Å². The number of alkyl halides is 2. The zero-order chi connectivity index (χ0) is 11.3. The van der Waals surface area contributed by atoms with Gasteiger partial charge in [0.15, 0.2) is 0 Å². The second-order valence-electron chi connectivity index (χ2n) is 3.04. The second kappa shape index (κ2) is 5.30. The van der Waals surface area contributed by atoms with Gasteiger partial charge in [-0.3, -0.25) is 0 Å². The molecule has 2 nitrogen and oxygen atoms in total. The van der Waals surface area contributed by atoms with Crippen LogP contribution in [0.3, 0.4) is 0 Å². The Kier molecular flexibility index (Phi) is 4.04. The molecule has 1 rings (SSSR count). The summed E-state index contributed by atoms with van der Waals surface area (Å²) in [4.78, 5) is 0. The van der Waals surface area contributed by atoms with Gasteiger partial charge in [-0.2, -0.15) is 5.26 Å². The van der Waals surface area contributed by atoms with E-state index >= 15 is 0 Å². The van der Waals surface area contributed by atoms with Gasteiger partial charge >= 0.3 is 0 Å². The van der Waals surface area contributed by atoms with E-state index in [0.29, 0.717) is 12.8 Å². The lowest BCUT2D eigenvalue weighted by Gasteiger charge is -2.09. The van der Waals surface area contributed by atoms with E-state index in [1.807, 2.05) is 6.07 Å². The Hall–Kier alpha value is -1.63. The van der Waals surface area contributed by atoms with E-state index in [1.54, 1.807) is 12.1 Å². The molecule has 4 heteroatoms. The molecule has 0 saturated carbocycles. The van der Waals surface area contributed by atoms with E-state index < -0.39 is 6.43 Å². The lowest BCUT2D eigenvalue weighted by molar-refractivity contribution is 0.147. The summed E-state index contributed by atoms with van der Waals surface area (Å²) in [5.74, 6) is 0.181. The second-order valence-corrected chi connectivity index (χ2v) is 3.04. The molecule has 80 valence electrons. The molecule has 0 aromatic heterocycles. The third-order valence-corrected chi connectivity index (χ3v) is 2.06. The highest BCUT2D eigenvalue weighted by Crippen LogP contribution is 2.29. The molecule has 0 amide bonds. The van der Waals surface area contributed by atoms with Crippen molar-refractivity contribution in [3.8, 4) is 11.8 Å². The minimum atomic E-state index is -2.54. The van der Waals surface area contributed by atoms with Gasteiger partial charge in [0.25, 0.3) is 6.43 Å². The zero-order valence-corrected chi connectivity index (χ0v) is 8.34. The molecule has 0 atom stereocenters. The first-order valence-corrected chi connectivity index (χ1v) is 4.51. The van der Waals surface area contributed by atoms with Crippen LogP contribution in [0.5, 0.6) is 5.75 Å². The lowest BCUT2D eigenvalue weighted by atomic mass is 10.1. The Bertz CT molecular complexity index is 371. The first kappa shape index (κ1) is 11.4. The van der Waals surface area contributed by atoms with Crippen LogP contribution in [-0.2, 0) is 6.42 Å². The molecule has 0 saturated heterocycles. The smallest absolute Gasteiger partial charge is 0.267 e. The number of nitriles is 1. The molecular formula is C11H11F2NO. The lowest BCUT2D eigenvalue weighted by Crippen LogP contribution is -1.94. The number of nitrogens with zero attached hydrogens (tertiary/aromatic N) is 1. The fourth-order valence-electron chi connectivity index (χ4n) is 1.29. The van der Waals surface area contributed by atoms with Crippen LogP contribution in [0, 0.1) is 11.3 Å². The number of benzene rings is 1. The number of aryl methyl sites for hydroxylation is 1. The van der Waals surface area contributed by atoms with Crippen LogP contribution in [0.25, 0.3) is 0 Å². The maximum absolute atomic E-state index is 12.5. The van der Waals surface area contributed by atoms with Gasteiger partial charge < -0.3 is 4.74 Å². The molecule has 0 aliphatic carbocycles. The van der Waals surface area contributed by atoms with Gasteiger partial charge in [-0.1, -0.05) is 6.07 Å². The molecule has 15 heavy (non-hydrogen) atoms. The van der Waals surface area contributed by atoms with Gasteiger partial charge in [0, 0.05) is 6.42 Å². The Balaban J connectivity index is 2.93. The number of hydrogen-bond donors (Lipinski definition) is 0. The van der Waals surface area contributed by atoms with Crippen molar-refractivity contribution in [3.63, 3.8) is 0 Å². The largest absolute Gasteiger partial charge is 0.496 e. The van der Waals surface area contributed by atoms with E-state index in [0.717, 1.165) is 5.56 Å². The summed E-state index contributed by atoms with van der Waals surface area (Å²) in [6.45, 7) is 0. The fraction of sp³-hybridized carbons (Fsp3) is 0.364. The van der Waals surface area contributed by atoms with E-state index in [9.17, 15) is 8.78 Å². The Morgan fingerprint density at radius 3 is 2.73 bits per heavy atom. The van der Waals surface area contributed by atoms with Gasteiger partial charge in [0.1, 0.15) is 5.75 Å². The Morgan fingerprint density at radius 1 is 1.47 bits per heavy atom. The highest BCUT2D eigenvalue weighted by molar-refractivity contribution is 5.38. The minimum absolute atomic E-state index is 0.113. The maximum atomic E-state index is 12.5. The number of rotatable bonds is 4. The molecule has 0 N–H and O–H groups in total. The van der Waals surface area contributed by atoms with Gasteiger partial charge in [-0.05, 0) is 24.1 Å². The highest BCUT2D eigenvalue weighted by Gasteiger charge is 2.13. The molecule has 0 bridgehead atoms. The minimum Gasteiger partial charge on any atom is -0.496 e. The standard InChI is InChI=1S/C11H11F2NO/c1-15-10-7-8(3-2-6-14)4-5-9(10)11(12)13/h4-5,7,11H,2-3H2,1H3. The first-order chi connectivity index (χ1) is 7.19. The third-order valence-electron chi connectivity index (χ3n) is 2.06. The molecule has 0 unspecified atom stereocenters. The SMILES string of the molecule is COc1cc(CCC#N)ccc1C(F)F. The van der Waals surface area contributed by atoms with Crippen LogP contribution in [0.2, 0.25) is 0 Å². The average molecular weight is 211 g/mol. The highest BCUT2D eigenvalue weighted by atomic mass is 19.3. The van der Waals surface area contributed by atoms with Crippen LogP contribution in [-0.4, -0.2) is 7.11 Å². The monoisotopic (exact) mass is 211 g/mol. The van der Waals surface area contributed by atoms with E-state index in [4.69, 9.17) is 10.00 Å². The van der Waals surface area contributed by atoms with Crippen molar-refractivity contribution in [2.24, 2.45) is 0 Å². The van der Waals surface area contributed by atoms with Gasteiger partial charge in [-0.15, -0.1) is 0 Å². The predicted octanol–water partition coefficient (Wildman–Crippen LogP) is 3.09. The molecule has 0 spiro atoms. The molecule has 0 aliphatic rings. The molecule has 0 fully saturated rings. The maximum Gasteiger partial charge on any atom is 0.267 e. The fourth-order valence-corrected chi connectivity index (χ4v) is 1.29. The van der Waals surface area contributed by atoms with Gasteiger partial charge in [-0.25, -0.2) is 8.78 Å². The summed E-state index contributed by atoms with van der Waals surface area (Å²) < 4.78 is 29.8. The number of hydrogen-bond acceptors (Lipinski definition) is 2. The van der Waals surface area contributed by atoms with Crippen LogP contribution in [0.1, 0.15) is 24.0 Å². The molecule has 0 radical (unpaired) electrons. The number of methoxy groups -OCH3 is 1. The van der Waals surface area contributed by atoms with Crippen LogP contribution >= 0.6 is 0 Å². The molecule has 1 aromatic carbocycles. The van der Waals surface area contributed by atoms with E-state index in [-0.39, 0.29) is 11.3 Å². The Labute approximate surface area is 87.1 Å². The average Bonchev–Trinajstić information content (AvgIpc) is 2.25. The molecular weight excluding hydrogens is 200 g/mol. The van der Waals surface area contributed by atoms with Crippen LogP contribution in [0.4, 0.5) is 8.78 Å². The molecule has 1 aromatic rings. The predicted molar refractivity (Wildman–Crippen MR) is 51.9 cm³/mol. The summed E-state index contributed by atoms with van der Waals surface area (Å²) in [7, 11) is 1.36. The zero-order valence-electron chi connectivity index (χ0n) is 8.34. The van der Waals surface area contributed by atoms with Crippen molar-refractivity contribution in [3.05, 3.63) is 29.3 Å². The first-order valence-electron chi connectivity index (χ1n) is 4.51. The summed E-state index contributed by atoms with van der Waals surface area (Å²) in [5, 5.41) is 8.40. The summed E-state index contributed by atoms with van der Waals surface area (Å²) in [5.41, 5.74) is 0.719. The quantitative estimate of drug-likeness (QED) is 0.766. The van der Waals surface area contributed by atoms with Crippen LogP contribution < -0.4 is 4.74 Å². The summed E-state index contributed by atoms with van der Waals surface area (Å²) in [6.07, 6.45) is -1.61. The van der Waals surface area contributed by atoms with Crippen molar-refractivity contribution in [2.45, 2.75) is 19.3 Å². The Morgan fingerprint density at radius 2 is 2.20 bits per heavy atom. The van der Waals surface area contributed by atoms with Gasteiger partial charge in [0.2, 0.25) is 0 Å². The van der Waals surface area contributed by atoms with Crippen molar-refractivity contribution < 1.29 is 13.5 Å².